The zero-order chi connectivity index (χ0) is 10.4. The summed E-state index contributed by atoms with van der Waals surface area (Å²) in [5, 5.41) is 0. The van der Waals surface area contributed by atoms with Gasteiger partial charge in [-0.3, -0.25) is 4.79 Å². The van der Waals surface area contributed by atoms with Crippen molar-refractivity contribution in [3.63, 3.8) is 0 Å². The van der Waals surface area contributed by atoms with Gasteiger partial charge in [0.25, 0.3) is 0 Å². The third-order valence-corrected chi connectivity index (χ3v) is 1.84. The van der Waals surface area contributed by atoms with Gasteiger partial charge in [0.2, 0.25) is 5.91 Å². The van der Waals surface area contributed by atoms with Gasteiger partial charge < -0.3 is 11.5 Å². The summed E-state index contributed by atoms with van der Waals surface area (Å²) in [5.41, 5.74) is 12.6. The average molecular weight is 190 g/mol. The lowest BCUT2D eigenvalue weighted by Crippen LogP contribution is -2.07. The van der Waals surface area contributed by atoms with Crippen LogP contribution in [0.3, 0.4) is 0 Å². The van der Waals surface area contributed by atoms with E-state index in [-0.39, 0.29) is 12.3 Å². The molecule has 0 radical (unpaired) electrons. The molecule has 4 N–H and O–H groups in total. The molecule has 0 atom stereocenters. The molecular formula is C11H14N2O. The zero-order valence-corrected chi connectivity index (χ0v) is 7.94. The number of hydrogen-bond donors (Lipinski definition) is 2. The molecule has 0 aromatic heterocycles. The molecule has 0 aliphatic heterocycles. The van der Waals surface area contributed by atoms with Crippen molar-refractivity contribution in [1.82, 2.24) is 0 Å². The minimum absolute atomic E-state index is 0.276. The van der Waals surface area contributed by atoms with Crippen LogP contribution in [0.25, 0.3) is 6.08 Å². The molecule has 3 heteroatoms. The van der Waals surface area contributed by atoms with Gasteiger partial charge in [-0.15, -0.1) is 0 Å². The summed E-state index contributed by atoms with van der Waals surface area (Å²) in [5.74, 6) is -0.320. The number of hydrogen-bond acceptors (Lipinski definition) is 2. The number of amides is 1. The molecule has 0 bridgehead atoms. The molecule has 1 aromatic rings. The molecule has 0 aliphatic rings. The lowest BCUT2D eigenvalue weighted by Gasteiger charge is -1.96. The Morgan fingerprint density at radius 2 is 1.93 bits per heavy atom. The van der Waals surface area contributed by atoms with Crippen LogP contribution in [0, 0.1) is 0 Å². The third kappa shape index (κ3) is 3.41. The Kier molecular flexibility index (Phi) is 3.88. The van der Waals surface area contributed by atoms with Gasteiger partial charge in [-0.05, 0) is 11.1 Å². The number of carbonyl (C=O) groups is 1. The molecule has 0 unspecified atom stereocenters. The van der Waals surface area contributed by atoms with Crippen LogP contribution >= 0.6 is 0 Å². The summed E-state index contributed by atoms with van der Waals surface area (Å²) in [6.45, 7) is 0.547. The van der Waals surface area contributed by atoms with Gasteiger partial charge in [0.05, 0.1) is 0 Å². The normalized spacial score (nSPS) is 10.6. The standard InChI is InChI=1S/C11H14N2O/c12-8-10-6-4-9(5-7-10)2-1-3-11(13)14/h1-2,4-7H,3,8,12H2,(H2,13,14). The Morgan fingerprint density at radius 3 is 2.43 bits per heavy atom. The van der Waals surface area contributed by atoms with Gasteiger partial charge in [-0.2, -0.15) is 0 Å². The number of benzene rings is 1. The summed E-state index contributed by atoms with van der Waals surface area (Å²) >= 11 is 0. The van der Waals surface area contributed by atoms with Gasteiger partial charge in [-0.25, -0.2) is 0 Å². The molecule has 0 spiro atoms. The van der Waals surface area contributed by atoms with E-state index in [4.69, 9.17) is 11.5 Å². The van der Waals surface area contributed by atoms with Crippen molar-refractivity contribution in [2.45, 2.75) is 13.0 Å². The van der Waals surface area contributed by atoms with Crippen LogP contribution < -0.4 is 11.5 Å². The summed E-state index contributed by atoms with van der Waals surface area (Å²) in [6, 6.07) is 7.84. The predicted molar refractivity (Wildman–Crippen MR) is 57.2 cm³/mol. The van der Waals surface area contributed by atoms with Crippen molar-refractivity contribution in [2.75, 3.05) is 0 Å². The van der Waals surface area contributed by atoms with Crippen molar-refractivity contribution in [3.05, 3.63) is 41.5 Å². The molecular weight excluding hydrogens is 176 g/mol. The minimum atomic E-state index is -0.320. The van der Waals surface area contributed by atoms with E-state index in [1.165, 1.54) is 0 Å². The lowest BCUT2D eigenvalue weighted by molar-refractivity contribution is -0.117. The lowest BCUT2D eigenvalue weighted by atomic mass is 10.1. The van der Waals surface area contributed by atoms with E-state index >= 15 is 0 Å². The molecule has 0 saturated carbocycles. The van der Waals surface area contributed by atoms with Gasteiger partial charge in [0.15, 0.2) is 0 Å². The fraction of sp³-hybridized carbons (Fsp3) is 0.182. The Morgan fingerprint density at radius 1 is 1.29 bits per heavy atom. The van der Waals surface area contributed by atoms with Crippen molar-refractivity contribution < 1.29 is 4.79 Å². The Balaban J connectivity index is 2.59. The highest BCUT2D eigenvalue weighted by molar-refractivity contribution is 5.76. The van der Waals surface area contributed by atoms with Crippen LogP contribution in [-0.4, -0.2) is 5.91 Å². The van der Waals surface area contributed by atoms with Crippen molar-refractivity contribution >= 4 is 12.0 Å². The fourth-order valence-electron chi connectivity index (χ4n) is 1.08. The molecule has 0 saturated heterocycles. The van der Waals surface area contributed by atoms with Crippen molar-refractivity contribution in [2.24, 2.45) is 11.5 Å². The predicted octanol–water partition coefficient (Wildman–Crippen LogP) is 1.03. The summed E-state index contributed by atoms with van der Waals surface area (Å²) in [6.07, 6.45) is 3.89. The Bertz CT molecular complexity index is 328. The van der Waals surface area contributed by atoms with Crippen LogP contribution in [0.15, 0.2) is 30.3 Å². The maximum absolute atomic E-state index is 10.4. The fourth-order valence-corrected chi connectivity index (χ4v) is 1.08. The van der Waals surface area contributed by atoms with E-state index in [1.54, 1.807) is 6.08 Å². The van der Waals surface area contributed by atoms with Crippen molar-refractivity contribution in [1.29, 1.82) is 0 Å². The molecule has 1 amide bonds. The maximum Gasteiger partial charge on any atom is 0.221 e. The van der Waals surface area contributed by atoms with Crippen LogP contribution in [-0.2, 0) is 11.3 Å². The number of primary amides is 1. The second kappa shape index (κ2) is 5.19. The van der Waals surface area contributed by atoms with Crippen molar-refractivity contribution in [3.8, 4) is 0 Å². The van der Waals surface area contributed by atoms with Gasteiger partial charge in [0, 0.05) is 13.0 Å². The van der Waals surface area contributed by atoms with E-state index < -0.39 is 0 Å². The number of nitrogens with two attached hydrogens (primary N) is 2. The average Bonchev–Trinajstić information content (AvgIpc) is 2.18. The molecule has 14 heavy (non-hydrogen) atoms. The maximum atomic E-state index is 10.4. The topological polar surface area (TPSA) is 69.1 Å². The molecule has 0 aliphatic carbocycles. The number of rotatable bonds is 4. The first-order valence-corrected chi connectivity index (χ1v) is 4.46. The van der Waals surface area contributed by atoms with E-state index in [0.717, 1.165) is 11.1 Å². The SMILES string of the molecule is NCc1ccc(C=CCC(N)=O)cc1. The summed E-state index contributed by atoms with van der Waals surface area (Å²) in [4.78, 5) is 10.4. The molecule has 0 fully saturated rings. The molecule has 1 aromatic carbocycles. The highest BCUT2D eigenvalue weighted by Crippen LogP contribution is 2.05. The molecule has 0 heterocycles. The van der Waals surface area contributed by atoms with Crippen LogP contribution in [0.5, 0.6) is 0 Å². The second-order valence-corrected chi connectivity index (χ2v) is 3.02. The van der Waals surface area contributed by atoms with E-state index in [0.29, 0.717) is 6.54 Å². The minimum Gasteiger partial charge on any atom is -0.369 e. The second-order valence-electron chi connectivity index (χ2n) is 3.02. The number of carbonyl (C=O) groups excluding carboxylic acids is 1. The molecule has 3 nitrogen and oxygen atoms in total. The van der Waals surface area contributed by atoms with Crippen LogP contribution in [0.4, 0.5) is 0 Å². The van der Waals surface area contributed by atoms with E-state index in [9.17, 15) is 4.79 Å². The quantitative estimate of drug-likeness (QED) is 0.744. The molecule has 1 rings (SSSR count). The third-order valence-electron chi connectivity index (χ3n) is 1.84. The highest BCUT2D eigenvalue weighted by atomic mass is 16.1. The first-order valence-electron chi connectivity index (χ1n) is 4.46. The largest absolute Gasteiger partial charge is 0.369 e. The highest BCUT2D eigenvalue weighted by Gasteiger charge is 1.90. The summed E-state index contributed by atoms with van der Waals surface area (Å²) < 4.78 is 0. The van der Waals surface area contributed by atoms with Gasteiger partial charge >= 0.3 is 0 Å². The Labute approximate surface area is 83.4 Å². The van der Waals surface area contributed by atoms with Crippen LogP contribution in [0.1, 0.15) is 17.5 Å². The van der Waals surface area contributed by atoms with E-state index in [1.807, 2.05) is 30.3 Å². The first-order chi connectivity index (χ1) is 6.72. The summed E-state index contributed by atoms with van der Waals surface area (Å²) in [7, 11) is 0. The first kappa shape index (κ1) is 10.5. The zero-order valence-electron chi connectivity index (χ0n) is 7.94. The van der Waals surface area contributed by atoms with Gasteiger partial charge in [0.1, 0.15) is 0 Å². The Hall–Kier alpha value is -1.61. The van der Waals surface area contributed by atoms with E-state index in [2.05, 4.69) is 0 Å². The van der Waals surface area contributed by atoms with Crippen LogP contribution in [0.2, 0.25) is 0 Å². The van der Waals surface area contributed by atoms with Gasteiger partial charge in [-0.1, -0.05) is 36.4 Å². The smallest absolute Gasteiger partial charge is 0.221 e. The monoisotopic (exact) mass is 190 g/mol. The molecule has 74 valence electrons.